The summed E-state index contributed by atoms with van der Waals surface area (Å²) in [6.07, 6.45) is 2.35. The van der Waals surface area contributed by atoms with Gasteiger partial charge in [-0.1, -0.05) is 0 Å². The number of aryl methyl sites for hydroxylation is 1. The molecule has 1 aromatic heterocycles. The SMILES string of the molecule is COCC(C)NS(=O)(=O)c1ccc(NC(=O)CCc2ccco2)cc1. The highest BCUT2D eigenvalue weighted by Crippen LogP contribution is 2.15. The minimum atomic E-state index is -3.62. The van der Waals surface area contributed by atoms with E-state index in [1.807, 2.05) is 6.07 Å². The number of hydrogen-bond donors (Lipinski definition) is 2. The minimum absolute atomic E-state index is 0.129. The molecule has 1 unspecified atom stereocenters. The van der Waals surface area contributed by atoms with Crippen LogP contribution in [0.4, 0.5) is 5.69 Å². The normalized spacial score (nSPS) is 12.7. The predicted molar refractivity (Wildman–Crippen MR) is 93.8 cm³/mol. The summed E-state index contributed by atoms with van der Waals surface area (Å²) in [4.78, 5) is 12.0. The number of anilines is 1. The van der Waals surface area contributed by atoms with Crippen LogP contribution in [0.2, 0.25) is 0 Å². The smallest absolute Gasteiger partial charge is 0.240 e. The van der Waals surface area contributed by atoms with Crippen LogP contribution in [-0.2, 0) is 26.0 Å². The highest BCUT2D eigenvalue weighted by molar-refractivity contribution is 7.89. The van der Waals surface area contributed by atoms with Crippen LogP contribution in [0.25, 0.3) is 0 Å². The second kappa shape index (κ2) is 8.80. The molecule has 0 bridgehead atoms. The molecule has 136 valence electrons. The third-order valence-electron chi connectivity index (χ3n) is 3.40. The Balaban J connectivity index is 1.91. The van der Waals surface area contributed by atoms with Crippen LogP contribution >= 0.6 is 0 Å². The molecular weight excluding hydrogens is 344 g/mol. The number of hydrogen-bond acceptors (Lipinski definition) is 5. The Bertz CT molecular complexity index is 770. The Morgan fingerprint density at radius 3 is 2.56 bits per heavy atom. The number of nitrogens with one attached hydrogen (secondary N) is 2. The van der Waals surface area contributed by atoms with Gasteiger partial charge in [-0.05, 0) is 43.3 Å². The van der Waals surface area contributed by atoms with Gasteiger partial charge in [0.25, 0.3) is 0 Å². The molecule has 1 heterocycles. The lowest BCUT2D eigenvalue weighted by molar-refractivity contribution is -0.116. The Labute approximate surface area is 147 Å². The van der Waals surface area contributed by atoms with Crippen molar-refractivity contribution in [1.82, 2.24) is 4.72 Å². The van der Waals surface area contributed by atoms with Gasteiger partial charge in [-0.2, -0.15) is 0 Å². The first-order valence-corrected chi connectivity index (χ1v) is 9.32. The van der Waals surface area contributed by atoms with Crippen molar-refractivity contribution >= 4 is 21.6 Å². The van der Waals surface area contributed by atoms with Gasteiger partial charge in [0.2, 0.25) is 15.9 Å². The van der Waals surface area contributed by atoms with E-state index in [1.165, 1.54) is 19.2 Å². The molecule has 1 atom stereocenters. The summed E-state index contributed by atoms with van der Waals surface area (Å²) in [5.74, 6) is 0.576. The molecule has 0 fully saturated rings. The molecule has 0 aliphatic carbocycles. The average Bonchev–Trinajstić information content (AvgIpc) is 3.06. The topological polar surface area (TPSA) is 97.6 Å². The molecule has 0 saturated heterocycles. The van der Waals surface area contributed by atoms with Gasteiger partial charge >= 0.3 is 0 Å². The fraction of sp³-hybridized carbons (Fsp3) is 0.353. The number of carbonyl (C=O) groups excluding carboxylic acids is 1. The van der Waals surface area contributed by atoms with Crippen molar-refractivity contribution in [3.05, 3.63) is 48.4 Å². The van der Waals surface area contributed by atoms with E-state index in [9.17, 15) is 13.2 Å². The van der Waals surface area contributed by atoms with E-state index in [1.54, 1.807) is 31.4 Å². The number of sulfonamides is 1. The summed E-state index contributed by atoms with van der Waals surface area (Å²) in [7, 11) is -2.11. The molecule has 2 rings (SSSR count). The van der Waals surface area contributed by atoms with Crippen molar-refractivity contribution in [1.29, 1.82) is 0 Å². The zero-order valence-electron chi connectivity index (χ0n) is 14.2. The Morgan fingerprint density at radius 1 is 1.24 bits per heavy atom. The zero-order chi connectivity index (χ0) is 18.3. The first kappa shape index (κ1) is 19.2. The molecule has 25 heavy (non-hydrogen) atoms. The third kappa shape index (κ3) is 6.00. The summed E-state index contributed by atoms with van der Waals surface area (Å²) < 4.78 is 37.1. The average molecular weight is 366 g/mol. The molecule has 1 amide bonds. The van der Waals surface area contributed by atoms with E-state index < -0.39 is 10.0 Å². The monoisotopic (exact) mass is 366 g/mol. The van der Waals surface area contributed by atoms with Crippen LogP contribution in [0.15, 0.2) is 52.0 Å². The van der Waals surface area contributed by atoms with Crippen molar-refractivity contribution in [3.8, 4) is 0 Å². The number of methoxy groups -OCH3 is 1. The molecule has 0 spiro atoms. The standard InChI is InChI=1S/C17H22N2O5S/c1-13(12-23-2)19-25(21,22)16-8-5-14(6-9-16)18-17(20)10-7-15-4-3-11-24-15/h3-6,8-9,11,13,19H,7,10,12H2,1-2H3,(H,18,20). The predicted octanol–water partition coefficient (Wildman–Crippen LogP) is 2.16. The molecule has 0 aliphatic rings. The molecule has 2 aromatic rings. The van der Waals surface area contributed by atoms with Crippen LogP contribution in [0.1, 0.15) is 19.1 Å². The Morgan fingerprint density at radius 2 is 1.96 bits per heavy atom. The summed E-state index contributed by atoms with van der Waals surface area (Å²) in [6, 6.07) is 9.25. The molecule has 0 saturated carbocycles. The maximum atomic E-state index is 12.2. The fourth-order valence-electron chi connectivity index (χ4n) is 2.25. The van der Waals surface area contributed by atoms with Crippen LogP contribution in [-0.4, -0.2) is 34.1 Å². The Hall–Kier alpha value is -2.16. The molecular formula is C17H22N2O5S. The zero-order valence-corrected chi connectivity index (χ0v) is 15.0. The maximum Gasteiger partial charge on any atom is 0.240 e. The van der Waals surface area contributed by atoms with Crippen molar-refractivity contribution in [2.45, 2.75) is 30.7 Å². The van der Waals surface area contributed by atoms with Gasteiger partial charge in [-0.25, -0.2) is 13.1 Å². The first-order chi connectivity index (χ1) is 11.9. The third-order valence-corrected chi connectivity index (χ3v) is 5.01. The molecule has 8 heteroatoms. The summed E-state index contributed by atoms with van der Waals surface area (Å²) in [6.45, 7) is 2.00. The lowest BCUT2D eigenvalue weighted by Gasteiger charge is -2.13. The highest BCUT2D eigenvalue weighted by atomic mass is 32.2. The van der Waals surface area contributed by atoms with Gasteiger partial charge in [0, 0.05) is 31.7 Å². The van der Waals surface area contributed by atoms with Gasteiger partial charge in [-0.15, -0.1) is 0 Å². The number of ether oxygens (including phenoxy) is 1. The number of amides is 1. The quantitative estimate of drug-likeness (QED) is 0.709. The van der Waals surface area contributed by atoms with Gasteiger partial charge < -0.3 is 14.5 Å². The van der Waals surface area contributed by atoms with E-state index in [4.69, 9.17) is 9.15 Å². The first-order valence-electron chi connectivity index (χ1n) is 7.84. The van der Waals surface area contributed by atoms with Crippen molar-refractivity contribution in [2.75, 3.05) is 19.0 Å². The lowest BCUT2D eigenvalue weighted by atomic mass is 10.2. The second-order valence-electron chi connectivity index (χ2n) is 5.63. The van der Waals surface area contributed by atoms with Gasteiger partial charge in [-0.3, -0.25) is 4.79 Å². The fourth-order valence-corrected chi connectivity index (χ4v) is 3.48. The summed E-state index contributed by atoms with van der Waals surface area (Å²) in [5, 5.41) is 2.73. The molecule has 0 radical (unpaired) electrons. The van der Waals surface area contributed by atoms with E-state index in [-0.39, 0.29) is 29.9 Å². The number of benzene rings is 1. The lowest BCUT2D eigenvalue weighted by Crippen LogP contribution is -2.35. The van der Waals surface area contributed by atoms with Crippen LogP contribution in [0.5, 0.6) is 0 Å². The highest BCUT2D eigenvalue weighted by Gasteiger charge is 2.17. The van der Waals surface area contributed by atoms with Crippen molar-refractivity contribution < 1.29 is 22.4 Å². The molecule has 0 aliphatic heterocycles. The second-order valence-corrected chi connectivity index (χ2v) is 7.34. The summed E-state index contributed by atoms with van der Waals surface area (Å²) >= 11 is 0. The van der Waals surface area contributed by atoms with Crippen molar-refractivity contribution in [2.24, 2.45) is 0 Å². The van der Waals surface area contributed by atoms with Crippen LogP contribution in [0.3, 0.4) is 0 Å². The molecule has 1 aromatic carbocycles. The van der Waals surface area contributed by atoms with Gasteiger partial charge in [0.1, 0.15) is 5.76 Å². The number of furan rings is 1. The molecule has 2 N–H and O–H groups in total. The number of rotatable bonds is 9. The van der Waals surface area contributed by atoms with E-state index in [0.29, 0.717) is 12.1 Å². The van der Waals surface area contributed by atoms with E-state index >= 15 is 0 Å². The van der Waals surface area contributed by atoms with E-state index in [2.05, 4.69) is 10.0 Å². The largest absolute Gasteiger partial charge is 0.469 e. The Kier molecular flexibility index (Phi) is 6.74. The minimum Gasteiger partial charge on any atom is -0.469 e. The van der Waals surface area contributed by atoms with E-state index in [0.717, 1.165) is 5.76 Å². The summed E-state index contributed by atoms with van der Waals surface area (Å²) in [5.41, 5.74) is 0.535. The van der Waals surface area contributed by atoms with Crippen molar-refractivity contribution in [3.63, 3.8) is 0 Å². The molecule has 7 nitrogen and oxygen atoms in total. The van der Waals surface area contributed by atoms with Crippen LogP contribution in [0, 0.1) is 0 Å². The maximum absolute atomic E-state index is 12.2. The van der Waals surface area contributed by atoms with Crippen LogP contribution < -0.4 is 10.0 Å². The van der Waals surface area contributed by atoms with Gasteiger partial charge in [0.05, 0.1) is 17.8 Å². The van der Waals surface area contributed by atoms with Gasteiger partial charge in [0.15, 0.2) is 0 Å². The number of carbonyl (C=O) groups is 1.